The number of hydrogen-bond acceptors (Lipinski definition) is 7. The van der Waals surface area contributed by atoms with E-state index in [-0.39, 0.29) is 31.7 Å². The Bertz CT molecular complexity index is 349. The summed E-state index contributed by atoms with van der Waals surface area (Å²) < 4.78 is 4.98. The fourth-order valence-corrected chi connectivity index (χ4v) is 1.26. The summed E-state index contributed by atoms with van der Waals surface area (Å²) in [5, 5.41) is 27.2. The van der Waals surface area contributed by atoms with Gasteiger partial charge in [0.05, 0.1) is 19.8 Å². The van der Waals surface area contributed by atoms with Crippen LogP contribution >= 0.6 is 0 Å². The Kier molecular flexibility index (Phi) is 5.53. The molecule has 0 radical (unpaired) electrons. The van der Waals surface area contributed by atoms with E-state index in [2.05, 4.69) is 15.5 Å². The summed E-state index contributed by atoms with van der Waals surface area (Å²) in [4.78, 5) is 13.1. The van der Waals surface area contributed by atoms with Crippen molar-refractivity contribution in [3.05, 3.63) is 5.89 Å². The molecule has 3 N–H and O–H groups in total. The number of aromatic nitrogens is 2. The predicted octanol–water partition coefficient (Wildman–Crippen LogP) is -1.40. The van der Waals surface area contributed by atoms with Crippen molar-refractivity contribution in [1.29, 1.82) is 0 Å². The fraction of sp³-hybridized carbons (Fsp3) is 0.667. The molecule has 0 aliphatic heterocycles. The lowest BCUT2D eigenvalue weighted by Crippen LogP contribution is -2.37. The molecule has 1 aromatic rings. The van der Waals surface area contributed by atoms with Gasteiger partial charge in [0, 0.05) is 20.0 Å². The maximum Gasteiger partial charge on any atom is 0.322 e. The summed E-state index contributed by atoms with van der Waals surface area (Å²) in [6, 6.07) is 0.0421. The molecule has 96 valence electrons. The number of aliphatic hydroxyl groups is 2. The van der Waals surface area contributed by atoms with Crippen LogP contribution in [0.25, 0.3) is 0 Å². The highest BCUT2D eigenvalue weighted by molar-refractivity contribution is 5.90. The molecule has 17 heavy (non-hydrogen) atoms. The molecule has 0 spiro atoms. The van der Waals surface area contributed by atoms with Crippen molar-refractivity contribution in [2.24, 2.45) is 0 Å². The Morgan fingerprint density at radius 2 is 2.00 bits per heavy atom. The molecule has 1 aromatic heterocycles. The Morgan fingerprint density at radius 1 is 1.35 bits per heavy atom. The summed E-state index contributed by atoms with van der Waals surface area (Å²) in [5.41, 5.74) is 0. The third-order valence-corrected chi connectivity index (χ3v) is 1.97. The summed E-state index contributed by atoms with van der Waals surface area (Å²) in [5.74, 6) is 0.0263. The van der Waals surface area contributed by atoms with Gasteiger partial charge in [0.15, 0.2) is 0 Å². The third-order valence-electron chi connectivity index (χ3n) is 1.97. The predicted molar refractivity (Wildman–Crippen MR) is 58.3 cm³/mol. The lowest BCUT2D eigenvalue weighted by Gasteiger charge is -2.18. The summed E-state index contributed by atoms with van der Waals surface area (Å²) >= 11 is 0. The van der Waals surface area contributed by atoms with E-state index in [0.717, 1.165) is 0 Å². The number of aryl methyl sites for hydroxylation is 1. The monoisotopic (exact) mass is 244 g/mol. The average Bonchev–Trinajstić information content (AvgIpc) is 2.64. The Hall–Kier alpha value is -1.51. The Labute approximate surface area is 98.2 Å². The molecule has 1 heterocycles. The number of aliphatic hydroxyl groups excluding tert-OH is 2. The fourth-order valence-electron chi connectivity index (χ4n) is 1.26. The van der Waals surface area contributed by atoms with E-state index in [0.29, 0.717) is 19.0 Å². The molecule has 1 amide bonds. The van der Waals surface area contributed by atoms with E-state index in [1.807, 2.05) is 0 Å². The molecule has 0 aromatic carbocycles. The zero-order valence-corrected chi connectivity index (χ0v) is 9.59. The molecule has 0 bridgehead atoms. The smallest absolute Gasteiger partial charge is 0.322 e. The van der Waals surface area contributed by atoms with Gasteiger partial charge in [0.25, 0.3) is 0 Å². The molecular formula is C9H16N4O4. The van der Waals surface area contributed by atoms with E-state index >= 15 is 0 Å². The number of rotatable bonds is 7. The average molecular weight is 244 g/mol. The van der Waals surface area contributed by atoms with Gasteiger partial charge in [-0.25, -0.2) is 0 Å². The van der Waals surface area contributed by atoms with Crippen LogP contribution in [0.2, 0.25) is 0 Å². The highest BCUT2D eigenvalue weighted by atomic mass is 16.4. The maximum atomic E-state index is 11.5. The van der Waals surface area contributed by atoms with Crippen molar-refractivity contribution < 1.29 is 19.4 Å². The molecule has 0 saturated heterocycles. The van der Waals surface area contributed by atoms with Crippen LogP contribution in [-0.2, 0) is 4.79 Å². The van der Waals surface area contributed by atoms with Gasteiger partial charge >= 0.3 is 6.01 Å². The van der Waals surface area contributed by atoms with Crippen molar-refractivity contribution in [3.8, 4) is 0 Å². The van der Waals surface area contributed by atoms with Crippen molar-refractivity contribution in [2.75, 3.05) is 38.2 Å². The Balaban J connectivity index is 2.41. The first-order valence-electron chi connectivity index (χ1n) is 5.19. The van der Waals surface area contributed by atoms with Gasteiger partial charge < -0.3 is 14.6 Å². The van der Waals surface area contributed by atoms with Gasteiger partial charge in [-0.05, 0) is 0 Å². The number of nitrogens with zero attached hydrogens (tertiary/aromatic N) is 3. The van der Waals surface area contributed by atoms with E-state index in [1.165, 1.54) is 0 Å². The Morgan fingerprint density at radius 3 is 2.47 bits per heavy atom. The number of anilines is 1. The van der Waals surface area contributed by atoms with Crippen molar-refractivity contribution >= 4 is 11.9 Å². The van der Waals surface area contributed by atoms with E-state index in [9.17, 15) is 4.79 Å². The largest absolute Gasteiger partial charge is 0.408 e. The van der Waals surface area contributed by atoms with Gasteiger partial charge in [0.1, 0.15) is 0 Å². The van der Waals surface area contributed by atoms with Gasteiger partial charge in [-0.2, -0.15) is 0 Å². The second kappa shape index (κ2) is 6.94. The van der Waals surface area contributed by atoms with Crippen LogP contribution in [0.5, 0.6) is 0 Å². The molecule has 0 saturated carbocycles. The van der Waals surface area contributed by atoms with Gasteiger partial charge in [0.2, 0.25) is 11.8 Å². The van der Waals surface area contributed by atoms with E-state index < -0.39 is 0 Å². The minimum Gasteiger partial charge on any atom is -0.408 e. The number of carbonyl (C=O) groups excluding carboxylic acids is 1. The third kappa shape index (κ3) is 4.89. The molecule has 0 fully saturated rings. The van der Waals surface area contributed by atoms with Crippen molar-refractivity contribution in [3.63, 3.8) is 0 Å². The topological polar surface area (TPSA) is 112 Å². The van der Waals surface area contributed by atoms with E-state index in [1.54, 1.807) is 11.8 Å². The first-order chi connectivity index (χ1) is 8.15. The van der Waals surface area contributed by atoms with Crippen LogP contribution in [0.3, 0.4) is 0 Å². The molecule has 0 aliphatic rings. The normalized spacial score (nSPS) is 10.8. The zero-order valence-electron chi connectivity index (χ0n) is 9.59. The highest BCUT2D eigenvalue weighted by Crippen LogP contribution is 2.03. The molecule has 8 nitrogen and oxygen atoms in total. The first-order valence-corrected chi connectivity index (χ1v) is 5.19. The first kappa shape index (κ1) is 13.6. The zero-order chi connectivity index (χ0) is 12.7. The molecule has 8 heteroatoms. The second-order valence-electron chi connectivity index (χ2n) is 3.40. The van der Waals surface area contributed by atoms with Gasteiger partial charge in [-0.15, -0.1) is 5.10 Å². The van der Waals surface area contributed by atoms with Crippen LogP contribution in [-0.4, -0.2) is 64.1 Å². The molecule has 0 aliphatic carbocycles. The summed E-state index contributed by atoms with van der Waals surface area (Å²) in [7, 11) is 0. The standard InChI is InChI=1S/C9H16N4O4/c1-7-11-12-9(17-7)10-8(16)6-13(2-4-14)3-5-15/h14-15H,2-6H2,1H3,(H,10,12,16). The number of carbonyl (C=O) groups is 1. The number of amides is 1. The number of hydrogen-bond donors (Lipinski definition) is 3. The second-order valence-corrected chi connectivity index (χ2v) is 3.40. The number of nitrogens with one attached hydrogen (secondary N) is 1. The highest BCUT2D eigenvalue weighted by Gasteiger charge is 2.12. The van der Waals surface area contributed by atoms with Gasteiger partial charge in [-0.1, -0.05) is 5.10 Å². The maximum absolute atomic E-state index is 11.5. The lowest BCUT2D eigenvalue weighted by atomic mass is 10.4. The molecule has 0 atom stereocenters. The van der Waals surface area contributed by atoms with Crippen molar-refractivity contribution in [1.82, 2.24) is 15.1 Å². The molecular weight excluding hydrogens is 228 g/mol. The molecule has 1 rings (SSSR count). The SMILES string of the molecule is Cc1nnc(NC(=O)CN(CCO)CCO)o1. The minimum atomic E-state index is -0.337. The molecule has 0 unspecified atom stereocenters. The van der Waals surface area contributed by atoms with Crippen LogP contribution in [0.1, 0.15) is 5.89 Å². The minimum absolute atomic E-state index is 0.0421. The van der Waals surface area contributed by atoms with Crippen LogP contribution < -0.4 is 5.32 Å². The van der Waals surface area contributed by atoms with Crippen LogP contribution in [0.15, 0.2) is 4.42 Å². The lowest BCUT2D eigenvalue weighted by molar-refractivity contribution is -0.117. The van der Waals surface area contributed by atoms with Crippen LogP contribution in [0, 0.1) is 6.92 Å². The van der Waals surface area contributed by atoms with Crippen molar-refractivity contribution in [2.45, 2.75) is 6.92 Å². The summed E-state index contributed by atoms with van der Waals surface area (Å²) in [6.45, 7) is 2.14. The summed E-state index contributed by atoms with van der Waals surface area (Å²) in [6.07, 6.45) is 0. The quantitative estimate of drug-likeness (QED) is 0.541. The van der Waals surface area contributed by atoms with E-state index in [4.69, 9.17) is 14.6 Å². The van der Waals surface area contributed by atoms with Gasteiger partial charge in [-0.3, -0.25) is 15.0 Å². The van der Waals surface area contributed by atoms with Crippen LogP contribution in [0.4, 0.5) is 6.01 Å².